The first-order chi connectivity index (χ1) is 8.47. The van der Waals surface area contributed by atoms with Crippen molar-refractivity contribution in [1.82, 2.24) is 14.8 Å². The fourth-order valence-corrected chi connectivity index (χ4v) is 1.52. The molecule has 1 aromatic heterocycles. The van der Waals surface area contributed by atoms with Gasteiger partial charge in [0.2, 0.25) is 0 Å². The summed E-state index contributed by atoms with van der Waals surface area (Å²) < 4.78 is 38.6. The molecule has 7 heteroatoms. The van der Waals surface area contributed by atoms with Crippen LogP contribution in [0.1, 0.15) is 17.2 Å². The van der Waals surface area contributed by atoms with Gasteiger partial charge in [-0.25, -0.2) is 0 Å². The molecule has 0 aliphatic carbocycles. The molecule has 1 N–H and O–H groups in total. The highest BCUT2D eigenvalue weighted by atomic mass is 19.4. The molecule has 96 valence electrons. The zero-order valence-electron chi connectivity index (χ0n) is 9.17. The summed E-state index contributed by atoms with van der Waals surface area (Å²) in [5.74, 6) is 0. The number of hydrogen-bond acceptors (Lipinski definition) is 3. The summed E-state index contributed by atoms with van der Waals surface area (Å²) in [4.78, 5) is 0. The Hall–Kier alpha value is -1.89. The van der Waals surface area contributed by atoms with Crippen LogP contribution < -0.4 is 0 Å². The van der Waals surface area contributed by atoms with E-state index in [2.05, 4.69) is 10.2 Å². The number of halogens is 3. The van der Waals surface area contributed by atoms with Crippen LogP contribution in [-0.4, -0.2) is 19.9 Å². The number of aromatic nitrogens is 3. The van der Waals surface area contributed by atoms with Gasteiger partial charge in [-0.3, -0.25) is 0 Å². The highest BCUT2D eigenvalue weighted by Gasteiger charge is 2.30. The van der Waals surface area contributed by atoms with Crippen molar-refractivity contribution < 1.29 is 18.3 Å². The minimum Gasteiger partial charge on any atom is -0.387 e. The zero-order chi connectivity index (χ0) is 13.2. The van der Waals surface area contributed by atoms with E-state index < -0.39 is 17.8 Å². The molecule has 4 nitrogen and oxygen atoms in total. The lowest BCUT2D eigenvalue weighted by Crippen LogP contribution is -2.09. The SMILES string of the molecule is OC(Cn1cnnc1)c1ccc(C(F)(F)F)cc1. The standard InChI is InChI=1S/C11H10F3N3O/c12-11(13,14)9-3-1-8(2-4-9)10(18)5-17-6-15-16-7-17/h1-4,6-7,10,18H,5H2. The van der Waals surface area contributed by atoms with E-state index in [1.54, 1.807) is 4.57 Å². The Bertz CT molecular complexity index is 493. The lowest BCUT2D eigenvalue weighted by molar-refractivity contribution is -0.137. The van der Waals surface area contributed by atoms with E-state index in [4.69, 9.17) is 0 Å². The molecule has 0 aliphatic heterocycles. The maximum Gasteiger partial charge on any atom is 0.416 e. The third kappa shape index (κ3) is 2.86. The molecule has 1 unspecified atom stereocenters. The second kappa shape index (κ2) is 4.77. The number of benzene rings is 1. The molecule has 2 aromatic rings. The van der Waals surface area contributed by atoms with Gasteiger partial charge in [0.15, 0.2) is 0 Å². The highest BCUT2D eigenvalue weighted by Crippen LogP contribution is 2.30. The lowest BCUT2D eigenvalue weighted by atomic mass is 10.1. The van der Waals surface area contributed by atoms with Crippen LogP contribution in [0.15, 0.2) is 36.9 Å². The van der Waals surface area contributed by atoms with Crippen molar-refractivity contribution in [1.29, 1.82) is 0 Å². The summed E-state index contributed by atoms with van der Waals surface area (Å²) in [6.07, 6.45) is -2.42. The van der Waals surface area contributed by atoms with Gasteiger partial charge in [0.25, 0.3) is 0 Å². The molecular formula is C11H10F3N3O. The van der Waals surface area contributed by atoms with Crippen LogP contribution in [0.5, 0.6) is 0 Å². The van der Waals surface area contributed by atoms with E-state index in [1.165, 1.54) is 24.8 Å². The Balaban J connectivity index is 2.10. The summed E-state index contributed by atoms with van der Waals surface area (Å²) in [7, 11) is 0. The van der Waals surface area contributed by atoms with E-state index in [1.807, 2.05) is 0 Å². The Kier molecular flexibility index (Phi) is 3.33. The van der Waals surface area contributed by atoms with Crippen molar-refractivity contribution in [2.75, 3.05) is 0 Å². The summed E-state index contributed by atoms with van der Waals surface area (Å²) in [5.41, 5.74) is -0.320. The third-order valence-electron chi connectivity index (χ3n) is 2.47. The second-order valence-electron chi connectivity index (χ2n) is 3.79. The maximum atomic E-state index is 12.3. The monoisotopic (exact) mass is 257 g/mol. The number of aliphatic hydroxyl groups is 1. The molecule has 18 heavy (non-hydrogen) atoms. The molecule has 1 heterocycles. The number of hydrogen-bond donors (Lipinski definition) is 1. The molecule has 0 aliphatic rings. The average molecular weight is 257 g/mol. The van der Waals surface area contributed by atoms with Gasteiger partial charge in [0.05, 0.1) is 18.2 Å². The summed E-state index contributed by atoms with van der Waals surface area (Å²) in [6.45, 7) is 0.193. The van der Waals surface area contributed by atoms with Crippen LogP contribution in [0.3, 0.4) is 0 Å². The largest absolute Gasteiger partial charge is 0.416 e. The smallest absolute Gasteiger partial charge is 0.387 e. The fraction of sp³-hybridized carbons (Fsp3) is 0.273. The van der Waals surface area contributed by atoms with Gasteiger partial charge in [-0.05, 0) is 17.7 Å². The van der Waals surface area contributed by atoms with Crippen molar-refractivity contribution in [3.05, 3.63) is 48.0 Å². The number of nitrogens with zero attached hydrogens (tertiary/aromatic N) is 3. The molecule has 1 atom stereocenters. The molecule has 0 saturated carbocycles. The minimum atomic E-state index is -4.36. The average Bonchev–Trinajstić information content (AvgIpc) is 2.81. The van der Waals surface area contributed by atoms with Gasteiger partial charge in [0.1, 0.15) is 12.7 Å². The molecule has 1 aromatic carbocycles. The Morgan fingerprint density at radius 1 is 1.11 bits per heavy atom. The molecular weight excluding hydrogens is 247 g/mol. The minimum absolute atomic E-state index is 0.193. The first-order valence-electron chi connectivity index (χ1n) is 5.14. The van der Waals surface area contributed by atoms with Gasteiger partial charge >= 0.3 is 6.18 Å². The van der Waals surface area contributed by atoms with Crippen molar-refractivity contribution in [3.63, 3.8) is 0 Å². The van der Waals surface area contributed by atoms with Gasteiger partial charge in [-0.15, -0.1) is 10.2 Å². The normalized spacial score (nSPS) is 13.6. The zero-order valence-corrected chi connectivity index (χ0v) is 9.17. The van der Waals surface area contributed by atoms with E-state index in [9.17, 15) is 18.3 Å². The van der Waals surface area contributed by atoms with Crippen LogP contribution in [0.25, 0.3) is 0 Å². The Morgan fingerprint density at radius 3 is 2.17 bits per heavy atom. The van der Waals surface area contributed by atoms with Crippen LogP contribution in [0, 0.1) is 0 Å². The Morgan fingerprint density at radius 2 is 1.67 bits per heavy atom. The van der Waals surface area contributed by atoms with Gasteiger partial charge in [0, 0.05) is 0 Å². The summed E-state index contributed by atoms with van der Waals surface area (Å²) in [5, 5.41) is 17.0. The number of rotatable bonds is 3. The van der Waals surface area contributed by atoms with Crippen molar-refractivity contribution in [3.8, 4) is 0 Å². The van der Waals surface area contributed by atoms with Gasteiger partial charge < -0.3 is 9.67 Å². The quantitative estimate of drug-likeness (QED) is 0.915. The van der Waals surface area contributed by atoms with Crippen molar-refractivity contribution in [2.45, 2.75) is 18.8 Å². The Labute approximate surface area is 101 Å². The summed E-state index contributed by atoms with van der Waals surface area (Å²) in [6, 6.07) is 4.42. The topological polar surface area (TPSA) is 50.9 Å². The molecule has 2 rings (SSSR count). The predicted molar refractivity (Wildman–Crippen MR) is 56.4 cm³/mol. The van der Waals surface area contributed by atoms with Gasteiger partial charge in [-0.1, -0.05) is 12.1 Å². The molecule has 0 fully saturated rings. The molecule has 0 bridgehead atoms. The van der Waals surface area contributed by atoms with E-state index >= 15 is 0 Å². The van der Waals surface area contributed by atoms with E-state index in [-0.39, 0.29) is 6.54 Å². The first-order valence-corrected chi connectivity index (χ1v) is 5.14. The van der Waals surface area contributed by atoms with Crippen LogP contribution in [0.4, 0.5) is 13.2 Å². The second-order valence-corrected chi connectivity index (χ2v) is 3.79. The maximum absolute atomic E-state index is 12.3. The number of alkyl halides is 3. The van der Waals surface area contributed by atoms with Crippen molar-refractivity contribution >= 4 is 0 Å². The van der Waals surface area contributed by atoms with Crippen molar-refractivity contribution in [2.24, 2.45) is 0 Å². The van der Waals surface area contributed by atoms with Crippen LogP contribution in [-0.2, 0) is 12.7 Å². The number of aliphatic hydroxyl groups excluding tert-OH is 1. The highest BCUT2D eigenvalue weighted by molar-refractivity contribution is 5.25. The molecule has 0 saturated heterocycles. The summed E-state index contributed by atoms with van der Waals surface area (Å²) >= 11 is 0. The van der Waals surface area contributed by atoms with Crippen LogP contribution in [0.2, 0.25) is 0 Å². The van der Waals surface area contributed by atoms with E-state index in [0.717, 1.165) is 12.1 Å². The molecule has 0 amide bonds. The van der Waals surface area contributed by atoms with Gasteiger partial charge in [-0.2, -0.15) is 13.2 Å². The van der Waals surface area contributed by atoms with Crippen LogP contribution >= 0.6 is 0 Å². The lowest BCUT2D eigenvalue weighted by Gasteiger charge is -2.12. The molecule has 0 spiro atoms. The fourth-order valence-electron chi connectivity index (χ4n) is 1.52. The predicted octanol–water partition coefficient (Wildman–Crippen LogP) is 2.03. The van der Waals surface area contributed by atoms with E-state index in [0.29, 0.717) is 5.56 Å². The first kappa shape index (κ1) is 12.6. The molecule has 0 radical (unpaired) electrons. The third-order valence-corrected chi connectivity index (χ3v) is 2.47.